The van der Waals surface area contributed by atoms with E-state index in [1.165, 1.54) is 12.1 Å². The fourth-order valence-electron chi connectivity index (χ4n) is 1.78. The number of thiocarbonyl (C=S) groups is 1. The standard InChI is InChI=1S/C15H13BrFNOS/c16-12-3-1-10(2-4-12)8-19-9-11-7-13(17)5-6-14(11)15(18)20/h1-7H,8-9H2,(H2,18,20). The molecule has 0 aromatic heterocycles. The van der Waals surface area contributed by atoms with Crippen molar-refractivity contribution in [2.24, 2.45) is 5.73 Å². The third-order valence-electron chi connectivity index (χ3n) is 2.77. The number of ether oxygens (including phenoxy) is 1. The summed E-state index contributed by atoms with van der Waals surface area (Å²) >= 11 is 8.32. The summed E-state index contributed by atoms with van der Waals surface area (Å²) in [5.74, 6) is -0.327. The lowest BCUT2D eigenvalue weighted by molar-refractivity contribution is 0.107. The van der Waals surface area contributed by atoms with Crippen molar-refractivity contribution in [1.82, 2.24) is 0 Å². The molecular formula is C15H13BrFNOS. The van der Waals surface area contributed by atoms with Crippen LogP contribution in [0.1, 0.15) is 16.7 Å². The zero-order valence-corrected chi connectivity index (χ0v) is 13.0. The summed E-state index contributed by atoms with van der Waals surface area (Å²) in [6.45, 7) is 0.709. The van der Waals surface area contributed by atoms with Crippen molar-refractivity contribution in [2.75, 3.05) is 0 Å². The summed E-state index contributed by atoms with van der Waals surface area (Å²) in [6, 6.07) is 12.1. The average Bonchev–Trinajstić information content (AvgIpc) is 2.41. The van der Waals surface area contributed by atoms with Crippen molar-refractivity contribution in [3.63, 3.8) is 0 Å². The Balaban J connectivity index is 2.02. The summed E-state index contributed by atoms with van der Waals surface area (Å²) in [7, 11) is 0. The Labute approximate surface area is 130 Å². The van der Waals surface area contributed by atoms with E-state index in [4.69, 9.17) is 22.7 Å². The smallest absolute Gasteiger partial charge is 0.123 e. The van der Waals surface area contributed by atoms with Crippen LogP contribution in [0.25, 0.3) is 0 Å². The lowest BCUT2D eigenvalue weighted by atomic mass is 10.1. The van der Waals surface area contributed by atoms with Crippen molar-refractivity contribution in [2.45, 2.75) is 13.2 Å². The van der Waals surface area contributed by atoms with Crippen molar-refractivity contribution < 1.29 is 9.13 Å². The molecule has 5 heteroatoms. The van der Waals surface area contributed by atoms with Crippen molar-refractivity contribution in [3.05, 3.63) is 69.4 Å². The fourth-order valence-corrected chi connectivity index (χ4v) is 2.25. The van der Waals surface area contributed by atoms with E-state index in [0.29, 0.717) is 17.7 Å². The van der Waals surface area contributed by atoms with Gasteiger partial charge in [0.2, 0.25) is 0 Å². The van der Waals surface area contributed by atoms with Crippen molar-refractivity contribution >= 4 is 33.1 Å². The van der Waals surface area contributed by atoms with Crippen molar-refractivity contribution in [1.29, 1.82) is 0 Å². The third-order valence-corrected chi connectivity index (χ3v) is 3.52. The molecule has 0 spiro atoms. The molecule has 0 unspecified atom stereocenters. The summed E-state index contributed by atoms with van der Waals surface area (Å²) in [5.41, 5.74) is 7.97. The van der Waals surface area contributed by atoms with Crippen LogP contribution in [0.5, 0.6) is 0 Å². The second-order valence-corrected chi connectivity index (χ2v) is 5.64. The van der Waals surface area contributed by atoms with Crippen LogP contribution in [0, 0.1) is 5.82 Å². The van der Waals surface area contributed by atoms with Gasteiger partial charge in [-0.25, -0.2) is 4.39 Å². The molecule has 0 bridgehead atoms. The summed E-state index contributed by atoms with van der Waals surface area (Å²) in [5, 5.41) is 0. The first-order valence-electron chi connectivity index (χ1n) is 5.96. The third kappa shape index (κ3) is 4.10. The van der Waals surface area contributed by atoms with E-state index in [0.717, 1.165) is 10.0 Å². The Morgan fingerprint density at radius 3 is 2.50 bits per heavy atom. The molecule has 0 saturated carbocycles. The van der Waals surface area contributed by atoms with Gasteiger partial charge in [0.05, 0.1) is 13.2 Å². The first-order chi connectivity index (χ1) is 9.56. The van der Waals surface area contributed by atoms with Gasteiger partial charge in [-0.1, -0.05) is 40.3 Å². The normalized spacial score (nSPS) is 10.5. The molecule has 2 aromatic rings. The van der Waals surface area contributed by atoms with Gasteiger partial charge >= 0.3 is 0 Å². The van der Waals surface area contributed by atoms with Crippen LogP contribution < -0.4 is 5.73 Å². The molecule has 0 aliphatic rings. The molecular weight excluding hydrogens is 341 g/mol. The molecule has 0 amide bonds. The van der Waals surface area contributed by atoms with E-state index >= 15 is 0 Å². The number of nitrogens with two attached hydrogens (primary N) is 1. The Bertz CT molecular complexity index is 616. The second kappa shape index (κ2) is 6.92. The molecule has 2 rings (SSSR count). The van der Waals surface area contributed by atoms with Gasteiger partial charge < -0.3 is 10.5 Å². The number of hydrogen-bond donors (Lipinski definition) is 1. The highest BCUT2D eigenvalue weighted by atomic mass is 79.9. The van der Waals surface area contributed by atoms with Gasteiger partial charge in [0.25, 0.3) is 0 Å². The molecule has 20 heavy (non-hydrogen) atoms. The molecule has 0 heterocycles. The predicted octanol–water partition coefficient (Wildman–Crippen LogP) is 3.94. The Morgan fingerprint density at radius 1 is 1.15 bits per heavy atom. The molecule has 0 aliphatic carbocycles. The number of halogens is 2. The summed E-state index contributed by atoms with van der Waals surface area (Å²) < 4.78 is 19.9. The highest BCUT2D eigenvalue weighted by molar-refractivity contribution is 9.10. The fraction of sp³-hybridized carbons (Fsp3) is 0.133. The number of benzene rings is 2. The molecule has 0 atom stereocenters. The molecule has 2 N–H and O–H groups in total. The Kier molecular flexibility index (Phi) is 5.23. The monoisotopic (exact) mass is 353 g/mol. The van der Waals surface area contributed by atoms with Gasteiger partial charge in [-0.3, -0.25) is 0 Å². The molecule has 0 radical (unpaired) electrons. The van der Waals surface area contributed by atoms with Gasteiger partial charge in [0.1, 0.15) is 10.8 Å². The minimum absolute atomic E-state index is 0.243. The molecule has 104 valence electrons. The van der Waals surface area contributed by atoms with Crippen LogP contribution in [0.15, 0.2) is 46.9 Å². The second-order valence-electron chi connectivity index (χ2n) is 4.28. The molecule has 2 aromatic carbocycles. The van der Waals surface area contributed by atoms with Gasteiger partial charge in [-0.15, -0.1) is 0 Å². The van der Waals surface area contributed by atoms with E-state index in [1.807, 2.05) is 24.3 Å². The largest absolute Gasteiger partial charge is 0.389 e. The highest BCUT2D eigenvalue weighted by Gasteiger charge is 2.07. The minimum atomic E-state index is -0.327. The zero-order chi connectivity index (χ0) is 14.5. The first kappa shape index (κ1) is 15.1. The van der Waals surface area contributed by atoms with E-state index < -0.39 is 0 Å². The van der Waals surface area contributed by atoms with Gasteiger partial charge in [-0.05, 0) is 41.5 Å². The molecule has 0 saturated heterocycles. The van der Waals surface area contributed by atoms with Crippen LogP contribution in [0.2, 0.25) is 0 Å². The van der Waals surface area contributed by atoms with Crippen LogP contribution in [-0.2, 0) is 18.0 Å². The lowest BCUT2D eigenvalue weighted by Gasteiger charge is -2.09. The van der Waals surface area contributed by atoms with E-state index in [9.17, 15) is 4.39 Å². The Morgan fingerprint density at radius 2 is 1.85 bits per heavy atom. The van der Waals surface area contributed by atoms with E-state index in [2.05, 4.69) is 15.9 Å². The molecule has 2 nitrogen and oxygen atoms in total. The van der Waals surface area contributed by atoms with Gasteiger partial charge in [0, 0.05) is 10.0 Å². The molecule has 0 fully saturated rings. The van der Waals surface area contributed by atoms with E-state index in [1.54, 1.807) is 6.07 Å². The summed E-state index contributed by atoms with van der Waals surface area (Å²) in [6.07, 6.45) is 0. The Hall–Kier alpha value is -1.30. The number of rotatable bonds is 5. The summed E-state index contributed by atoms with van der Waals surface area (Å²) in [4.78, 5) is 0.243. The lowest BCUT2D eigenvalue weighted by Crippen LogP contribution is -2.13. The maximum absolute atomic E-state index is 13.3. The minimum Gasteiger partial charge on any atom is -0.389 e. The quantitative estimate of drug-likeness (QED) is 0.826. The zero-order valence-electron chi connectivity index (χ0n) is 10.6. The van der Waals surface area contributed by atoms with E-state index in [-0.39, 0.29) is 17.4 Å². The maximum atomic E-state index is 13.3. The van der Waals surface area contributed by atoms with Crippen LogP contribution in [0.4, 0.5) is 4.39 Å². The first-order valence-corrected chi connectivity index (χ1v) is 7.17. The highest BCUT2D eigenvalue weighted by Crippen LogP contribution is 2.15. The van der Waals surface area contributed by atoms with Crippen molar-refractivity contribution in [3.8, 4) is 0 Å². The topological polar surface area (TPSA) is 35.2 Å². The van der Waals surface area contributed by atoms with Gasteiger partial charge in [0.15, 0.2) is 0 Å². The number of hydrogen-bond acceptors (Lipinski definition) is 2. The maximum Gasteiger partial charge on any atom is 0.123 e. The van der Waals surface area contributed by atoms with Gasteiger partial charge in [-0.2, -0.15) is 0 Å². The SMILES string of the molecule is NC(=S)c1ccc(F)cc1COCc1ccc(Br)cc1. The van der Waals surface area contributed by atoms with Crippen LogP contribution >= 0.6 is 28.1 Å². The van der Waals surface area contributed by atoms with Crippen LogP contribution in [-0.4, -0.2) is 4.99 Å². The predicted molar refractivity (Wildman–Crippen MR) is 84.9 cm³/mol. The average molecular weight is 354 g/mol. The molecule has 0 aliphatic heterocycles. The van der Waals surface area contributed by atoms with Crippen LogP contribution in [0.3, 0.4) is 0 Å².